The maximum absolute atomic E-state index is 13.2. The van der Waals surface area contributed by atoms with Crippen molar-refractivity contribution in [2.75, 3.05) is 14.2 Å². The molecule has 0 aromatic heterocycles. The van der Waals surface area contributed by atoms with E-state index in [4.69, 9.17) is 18.5 Å². The SMILES string of the molecule is COP(=O)(OC)C1=C(C)O[C@H](OC(C)(C)C)C[C@H]1c1ccccc1[N+](=O)[O-]. The second kappa shape index (κ2) is 8.10. The molecule has 0 saturated heterocycles. The molecule has 0 spiro atoms. The van der Waals surface area contributed by atoms with Gasteiger partial charge in [-0.05, 0) is 27.7 Å². The standard InChI is InChI=1S/C18H26NO7P/c1-12-17(27(22,23-5)24-6)14(11-16(25-12)26-18(2,3)4)13-9-7-8-10-15(13)19(20)21/h7-10,14,16H,11H2,1-6H3/t14-,16+/m0/s1. The highest BCUT2D eigenvalue weighted by Gasteiger charge is 2.44. The highest BCUT2D eigenvalue weighted by atomic mass is 31.2. The first kappa shape index (κ1) is 21.6. The molecule has 27 heavy (non-hydrogen) atoms. The van der Waals surface area contributed by atoms with Crippen molar-refractivity contribution >= 4 is 13.3 Å². The monoisotopic (exact) mass is 399 g/mol. The fraction of sp³-hybridized carbons (Fsp3) is 0.556. The molecule has 0 bridgehead atoms. The molecule has 150 valence electrons. The van der Waals surface area contributed by atoms with Gasteiger partial charge in [0, 0.05) is 38.2 Å². The van der Waals surface area contributed by atoms with Crippen LogP contribution in [0.2, 0.25) is 0 Å². The van der Waals surface area contributed by atoms with Gasteiger partial charge < -0.3 is 18.5 Å². The Labute approximate surface area is 159 Å². The number of hydrogen-bond acceptors (Lipinski definition) is 7. The summed E-state index contributed by atoms with van der Waals surface area (Å²) in [5.41, 5.74) is -0.137. The van der Waals surface area contributed by atoms with Crippen molar-refractivity contribution in [3.63, 3.8) is 0 Å². The number of ether oxygens (including phenoxy) is 2. The minimum absolute atomic E-state index is 0.0667. The molecule has 0 N–H and O–H groups in total. The van der Waals surface area contributed by atoms with Gasteiger partial charge in [0.1, 0.15) is 5.76 Å². The van der Waals surface area contributed by atoms with Crippen LogP contribution in [0.3, 0.4) is 0 Å². The molecule has 0 unspecified atom stereocenters. The molecule has 0 saturated carbocycles. The van der Waals surface area contributed by atoms with E-state index in [2.05, 4.69) is 0 Å². The molecule has 1 aromatic carbocycles. The van der Waals surface area contributed by atoms with E-state index in [1.165, 1.54) is 20.3 Å². The Morgan fingerprint density at radius 1 is 1.22 bits per heavy atom. The average Bonchev–Trinajstić information content (AvgIpc) is 2.59. The molecule has 9 heteroatoms. The number of nitrogens with zero attached hydrogens (tertiary/aromatic N) is 1. The normalized spacial score (nSPS) is 21.1. The number of benzene rings is 1. The molecule has 0 aliphatic carbocycles. The average molecular weight is 399 g/mol. The minimum Gasteiger partial charge on any atom is -0.469 e. The lowest BCUT2D eigenvalue weighted by Gasteiger charge is -2.37. The van der Waals surface area contributed by atoms with E-state index < -0.39 is 30.3 Å². The van der Waals surface area contributed by atoms with Crippen LogP contribution in [0, 0.1) is 10.1 Å². The number of hydrogen-bond donors (Lipinski definition) is 0. The quantitative estimate of drug-likeness (QED) is 0.379. The topological polar surface area (TPSA) is 97.1 Å². The van der Waals surface area contributed by atoms with Gasteiger partial charge in [-0.1, -0.05) is 18.2 Å². The van der Waals surface area contributed by atoms with E-state index in [1.54, 1.807) is 25.1 Å². The van der Waals surface area contributed by atoms with Crippen LogP contribution < -0.4 is 0 Å². The van der Waals surface area contributed by atoms with Gasteiger partial charge in [-0.15, -0.1) is 0 Å². The van der Waals surface area contributed by atoms with Crippen LogP contribution in [0.5, 0.6) is 0 Å². The number of nitro benzene ring substituents is 1. The van der Waals surface area contributed by atoms with E-state index in [-0.39, 0.29) is 17.4 Å². The molecule has 2 rings (SSSR count). The van der Waals surface area contributed by atoms with Crippen molar-refractivity contribution in [1.82, 2.24) is 0 Å². The summed E-state index contributed by atoms with van der Waals surface area (Å²) in [7, 11) is -1.13. The summed E-state index contributed by atoms with van der Waals surface area (Å²) in [6, 6.07) is 6.36. The maximum Gasteiger partial charge on any atom is 0.360 e. The molecule has 2 atom stereocenters. The van der Waals surface area contributed by atoms with Crippen LogP contribution in [0.1, 0.15) is 45.6 Å². The Hall–Kier alpha value is -1.73. The molecule has 8 nitrogen and oxygen atoms in total. The van der Waals surface area contributed by atoms with Gasteiger partial charge in [0.2, 0.25) is 6.29 Å². The first-order chi connectivity index (χ1) is 12.5. The van der Waals surface area contributed by atoms with Gasteiger partial charge in [0.05, 0.1) is 15.8 Å². The third-order valence-corrected chi connectivity index (χ3v) is 6.37. The molecule has 1 heterocycles. The van der Waals surface area contributed by atoms with E-state index in [0.717, 1.165) is 0 Å². The molecule has 0 fully saturated rings. The molecular weight excluding hydrogens is 373 g/mol. The second-order valence-corrected chi connectivity index (χ2v) is 9.39. The van der Waals surface area contributed by atoms with Crippen LogP contribution in [0.4, 0.5) is 5.69 Å². The van der Waals surface area contributed by atoms with E-state index >= 15 is 0 Å². The summed E-state index contributed by atoms with van der Waals surface area (Å²) in [6.45, 7) is 7.31. The van der Waals surface area contributed by atoms with Gasteiger partial charge in [0.25, 0.3) is 5.69 Å². The van der Waals surface area contributed by atoms with Crippen molar-refractivity contribution in [1.29, 1.82) is 0 Å². The maximum atomic E-state index is 13.2. The van der Waals surface area contributed by atoms with Gasteiger partial charge in [-0.3, -0.25) is 14.7 Å². The Balaban J connectivity index is 2.63. The van der Waals surface area contributed by atoms with E-state index in [9.17, 15) is 14.7 Å². The predicted octanol–water partition coefficient (Wildman–Crippen LogP) is 4.96. The van der Waals surface area contributed by atoms with Crippen LogP contribution in [0.15, 0.2) is 35.3 Å². The van der Waals surface area contributed by atoms with E-state index in [0.29, 0.717) is 11.3 Å². The van der Waals surface area contributed by atoms with Crippen LogP contribution in [0.25, 0.3) is 0 Å². The summed E-state index contributed by atoms with van der Waals surface area (Å²) >= 11 is 0. The van der Waals surface area contributed by atoms with Crippen LogP contribution in [-0.4, -0.2) is 31.0 Å². The Kier molecular flexibility index (Phi) is 6.47. The van der Waals surface area contributed by atoms with E-state index in [1.807, 2.05) is 20.8 Å². The van der Waals surface area contributed by atoms with Crippen molar-refractivity contribution in [2.45, 2.75) is 51.9 Å². The zero-order chi connectivity index (χ0) is 20.4. The summed E-state index contributed by atoms with van der Waals surface area (Å²) in [5.74, 6) is -0.288. The van der Waals surface area contributed by atoms with Crippen molar-refractivity contribution < 1.29 is 28.0 Å². The molecule has 0 amide bonds. The summed E-state index contributed by atoms with van der Waals surface area (Å²) < 4.78 is 35.3. The second-order valence-electron chi connectivity index (χ2n) is 7.19. The molecule has 0 radical (unpaired) electrons. The molecule has 1 aliphatic heterocycles. The molecule has 1 aromatic rings. The Morgan fingerprint density at radius 2 is 1.81 bits per heavy atom. The molecular formula is C18H26NO7P. The lowest BCUT2D eigenvalue weighted by Crippen LogP contribution is -2.34. The third kappa shape index (κ3) is 4.76. The fourth-order valence-electron chi connectivity index (χ4n) is 3.20. The lowest BCUT2D eigenvalue weighted by atomic mass is 9.91. The highest BCUT2D eigenvalue weighted by molar-refractivity contribution is 7.58. The van der Waals surface area contributed by atoms with Gasteiger partial charge in [-0.25, -0.2) is 0 Å². The van der Waals surface area contributed by atoms with Gasteiger partial charge in [-0.2, -0.15) is 0 Å². The third-order valence-electron chi connectivity index (χ3n) is 4.20. The summed E-state index contributed by atoms with van der Waals surface area (Å²) in [6.07, 6.45) is -0.411. The number of para-hydroxylation sites is 1. The van der Waals surface area contributed by atoms with Crippen LogP contribution in [-0.2, 0) is 23.1 Å². The fourth-order valence-corrected chi connectivity index (χ4v) is 4.81. The predicted molar refractivity (Wildman–Crippen MR) is 100 cm³/mol. The van der Waals surface area contributed by atoms with Crippen LogP contribution >= 0.6 is 7.60 Å². The van der Waals surface area contributed by atoms with Gasteiger partial charge >= 0.3 is 7.60 Å². The zero-order valence-corrected chi connectivity index (χ0v) is 17.3. The van der Waals surface area contributed by atoms with Crippen molar-refractivity contribution in [3.05, 3.63) is 51.0 Å². The van der Waals surface area contributed by atoms with Gasteiger partial charge in [0.15, 0.2) is 0 Å². The molecule has 1 aliphatic rings. The van der Waals surface area contributed by atoms with Crippen molar-refractivity contribution in [2.24, 2.45) is 0 Å². The zero-order valence-electron chi connectivity index (χ0n) is 16.4. The number of rotatable bonds is 6. The smallest absolute Gasteiger partial charge is 0.360 e. The number of nitro groups is 1. The first-order valence-electron chi connectivity index (χ1n) is 8.53. The first-order valence-corrected chi connectivity index (χ1v) is 10.1. The van der Waals surface area contributed by atoms with Crippen molar-refractivity contribution in [3.8, 4) is 0 Å². The number of allylic oxidation sites excluding steroid dienone is 2. The largest absolute Gasteiger partial charge is 0.469 e. The summed E-state index contributed by atoms with van der Waals surface area (Å²) in [5, 5.41) is 11.8. The highest BCUT2D eigenvalue weighted by Crippen LogP contribution is 2.63. The Bertz CT molecular complexity index is 776. The summed E-state index contributed by atoms with van der Waals surface area (Å²) in [4.78, 5) is 11.1. The minimum atomic E-state index is -3.69. The Morgan fingerprint density at radius 3 is 2.33 bits per heavy atom. The lowest BCUT2D eigenvalue weighted by molar-refractivity contribution is -0.385.